The van der Waals surface area contributed by atoms with Gasteiger partial charge in [-0.25, -0.2) is 4.98 Å². The van der Waals surface area contributed by atoms with Crippen molar-refractivity contribution in [3.63, 3.8) is 0 Å². The number of carbonyl (C=O) groups is 1. The first kappa shape index (κ1) is 19.7. The van der Waals surface area contributed by atoms with Crippen molar-refractivity contribution in [1.29, 1.82) is 0 Å². The molecule has 1 saturated heterocycles. The molecule has 5 heteroatoms. The number of amides is 1. The number of pyridine rings is 1. The van der Waals surface area contributed by atoms with E-state index in [9.17, 15) is 4.79 Å². The maximum absolute atomic E-state index is 12.1. The van der Waals surface area contributed by atoms with Gasteiger partial charge in [0.25, 0.3) is 0 Å². The number of nitrogens with zero attached hydrogens (tertiary/aromatic N) is 3. The van der Waals surface area contributed by atoms with Crippen molar-refractivity contribution in [2.45, 2.75) is 47.5 Å². The van der Waals surface area contributed by atoms with Gasteiger partial charge in [-0.2, -0.15) is 0 Å². The Morgan fingerprint density at radius 2 is 1.96 bits per heavy atom. The molecule has 1 aliphatic rings. The molecule has 1 fully saturated rings. The third kappa shape index (κ3) is 6.31. The van der Waals surface area contributed by atoms with Crippen LogP contribution in [0.25, 0.3) is 0 Å². The van der Waals surface area contributed by atoms with Gasteiger partial charge in [-0.1, -0.05) is 34.6 Å². The Kier molecular flexibility index (Phi) is 6.82. The Morgan fingerprint density at radius 3 is 2.56 bits per heavy atom. The van der Waals surface area contributed by atoms with E-state index < -0.39 is 5.41 Å². The van der Waals surface area contributed by atoms with Gasteiger partial charge in [0.2, 0.25) is 5.91 Å². The summed E-state index contributed by atoms with van der Waals surface area (Å²) >= 11 is 0. The van der Waals surface area contributed by atoms with Gasteiger partial charge in [-0.3, -0.25) is 4.79 Å². The summed E-state index contributed by atoms with van der Waals surface area (Å²) in [6.45, 7) is 15.8. The number of rotatable bonds is 5. The summed E-state index contributed by atoms with van der Waals surface area (Å²) in [6, 6.07) is 3.97. The van der Waals surface area contributed by atoms with Crippen molar-refractivity contribution in [1.82, 2.24) is 9.88 Å². The van der Waals surface area contributed by atoms with E-state index in [0.717, 1.165) is 37.1 Å². The number of hydrogen-bond donors (Lipinski definition) is 1. The van der Waals surface area contributed by atoms with Crippen LogP contribution in [0.4, 0.5) is 11.5 Å². The van der Waals surface area contributed by atoms with E-state index in [-0.39, 0.29) is 5.91 Å². The molecule has 25 heavy (non-hydrogen) atoms. The first-order valence-corrected chi connectivity index (χ1v) is 9.50. The normalized spacial score (nSPS) is 16.8. The zero-order valence-electron chi connectivity index (χ0n) is 16.5. The predicted octanol–water partition coefficient (Wildman–Crippen LogP) is 3.62. The molecule has 1 amide bonds. The highest BCUT2D eigenvalue weighted by molar-refractivity contribution is 5.94. The van der Waals surface area contributed by atoms with Crippen molar-refractivity contribution >= 4 is 17.4 Å². The third-order valence-corrected chi connectivity index (χ3v) is 4.62. The molecule has 0 spiro atoms. The Balaban J connectivity index is 1.90. The molecule has 5 nitrogen and oxygen atoms in total. The lowest BCUT2D eigenvalue weighted by Crippen LogP contribution is -2.32. The first-order chi connectivity index (χ1) is 11.8. The summed E-state index contributed by atoms with van der Waals surface area (Å²) in [7, 11) is 0. The maximum atomic E-state index is 12.1. The zero-order chi connectivity index (χ0) is 18.4. The van der Waals surface area contributed by atoms with E-state index >= 15 is 0 Å². The summed E-state index contributed by atoms with van der Waals surface area (Å²) in [5.41, 5.74) is 0.361. The Labute approximate surface area is 152 Å². The molecule has 0 bridgehead atoms. The third-order valence-electron chi connectivity index (χ3n) is 4.62. The molecule has 1 aliphatic heterocycles. The summed E-state index contributed by atoms with van der Waals surface area (Å²) in [5, 5.41) is 2.93. The molecule has 0 aliphatic carbocycles. The van der Waals surface area contributed by atoms with Crippen LogP contribution in [0, 0.1) is 11.3 Å². The average Bonchev–Trinajstić information content (AvgIpc) is 2.78. The van der Waals surface area contributed by atoms with Gasteiger partial charge in [0.05, 0.1) is 11.9 Å². The van der Waals surface area contributed by atoms with Crippen LogP contribution in [0.2, 0.25) is 0 Å². The molecular formula is C20H34N4O. The molecular weight excluding hydrogens is 312 g/mol. The molecule has 2 rings (SSSR count). The van der Waals surface area contributed by atoms with Crippen LogP contribution < -0.4 is 10.2 Å². The highest BCUT2D eigenvalue weighted by atomic mass is 16.2. The van der Waals surface area contributed by atoms with E-state index in [1.807, 2.05) is 32.9 Å². The number of aromatic nitrogens is 1. The SMILES string of the molecule is CC(C)CCN1CCCN(c2ccc(NC(=O)C(C)(C)C)cn2)CC1. The quantitative estimate of drug-likeness (QED) is 0.884. The van der Waals surface area contributed by atoms with Crippen LogP contribution in [0.15, 0.2) is 18.3 Å². The van der Waals surface area contributed by atoms with Crippen LogP contribution in [-0.4, -0.2) is 48.5 Å². The molecule has 1 N–H and O–H groups in total. The Bertz CT molecular complexity index is 548. The van der Waals surface area contributed by atoms with E-state index in [2.05, 4.69) is 33.9 Å². The lowest BCUT2D eigenvalue weighted by Gasteiger charge is -2.23. The largest absolute Gasteiger partial charge is 0.355 e. The van der Waals surface area contributed by atoms with Crippen molar-refractivity contribution in [3.05, 3.63) is 18.3 Å². The Hall–Kier alpha value is -1.62. The molecule has 0 radical (unpaired) electrons. The minimum Gasteiger partial charge on any atom is -0.355 e. The molecule has 2 heterocycles. The van der Waals surface area contributed by atoms with Gasteiger partial charge in [0, 0.05) is 25.0 Å². The van der Waals surface area contributed by atoms with Gasteiger partial charge >= 0.3 is 0 Å². The fourth-order valence-electron chi connectivity index (χ4n) is 2.83. The molecule has 0 aromatic carbocycles. The average molecular weight is 347 g/mol. The lowest BCUT2D eigenvalue weighted by atomic mass is 9.96. The van der Waals surface area contributed by atoms with Crippen LogP contribution >= 0.6 is 0 Å². The zero-order valence-corrected chi connectivity index (χ0v) is 16.5. The van der Waals surface area contributed by atoms with Crippen LogP contribution in [0.3, 0.4) is 0 Å². The van der Waals surface area contributed by atoms with Crippen LogP contribution in [0.5, 0.6) is 0 Å². The van der Waals surface area contributed by atoms with Crippen LogP contribution in [0.1, 0.15) is 47.5 Å². The van der Waals surface area contributed by atoms with Crippen LogP contribution in [-0.2, 0) is 4.79 Å². The van der Waals surface area contributed by atoms with Gasteiger partial charge in [-0.15, -0.1) is 0 Å². The van der Waals surface area contributed by atoms with Crippen molar-refractivity contribution in [2.75, 3.05) is 42.9 Å². The highest BCUT2D eigenvalue weighted by Gasteiger charge is 2.21. The van der Waals surface area contributed by atoms with E-state index in [0.29, 0.717) is 0 Å². The molecule has 140 valence electrons. The molecule has 0 unspecified atom stereocenters. The van der Waals surface area contributed by atoms with Gasteiger partial charge in [-0.05, 0) is 44.0 Å². The molecule has 1 aromatic rings. The minimum absolute atomic E-state index is 0.0117. The fourth-order valence-corrected chi connectivity index (χ4v) is 2.83. The standard InChI is InChI=1S/C20H34N4O/c1-16(2)9-12-23-10-6-11-24(14-13-23)18-8-7-17(15-21-18)22-19(25)20(3,4)5/h7-8,15-16H,6,9-14H2,1-5H3,(H,22,25). The summed E-state index contributed by atoms with van der Waals surface area (Å²) < 4.78 is 0. The maximum Gasteiger partial charge on any atom is 0.229 e. The molecule has 0 saturated carbocycles. The van der Waals surface area contributed by atoms with E-state index in [1.165, 1.54) is 25.9 Å². The van der Waals surface area contributed by atoms with Gasteiger partial charge in [0.1, 0.15) is 5.82 Å². The fraction of sp³-hybridized carbons (Fsp3) is 0.700. The number of nitrogens with one attached hydrogen (secondary N) is 1. The van der Waals surface area contributed by atoms with Gasteiger partial charge < -0.3 is 15.1 Å². The van der Waals surface area contributed by atoms with Gasteiger partial charge in [0.15, 0.2) is 0 Å². The lowest BCUT2D eigenvalue weighted by molar-refractivity contribution is -0.123. The summed E-state index contributed by atoms with van der Waals surface area (Å²) in [5.74, 6) is 1.77. The highest BCUT2D eigenvalue weighted by Crippen LogP contribution is 2.20. The van der Waals surface area contributed by atoms with Crippen molar-refractivity contribution in [2.24, 2.45) is 11.3 Å². The minimum atomic E-state index is -0.400. The molecule has 1 aromatic heterocycles. The first-order valence-electron chi connectivity index (χ1n) is 9.50. The second-order valence-corrected chi connectivity index (χ2v) is 8.47. The van der Waals surface area contributed by atoms with E-state index in [1.54, 1.807) is 6.20 Å². The number of carbonyl (C=O) groups excluding carboxylic acids is 1. The number of hydrogen-bond acceptors (Lipinski definition) is 4. The second-order valence-electron chi connectivity index (χ2n) is 8.47. The summed E-state index contributed by atoms with van der Waals surface area (Å²) in [6.07, 6.45) is 4.20. The monoisotopic (exact) mass is 346 g/mol. The topological polar surface area (TPSA) is 48.5 Å². The summed E-state index contributed by atoms with van der Waals surface area (Å²) in [4.78, 5) is 21.5. The van der Waals surface area contributed by atoms with Crippen molar-refractivity contribution in [3.8, 4) is 0 Å². The number of anilines is 2. The smallest absolute Gasteiger partial charge is 0.229 e. The molecule has 0 atom stereocenters. The predicted molar refractivity (Wildman–Crippen MR) is 105 cm³/mol. The van der Waals surface area contributed by atoms with E-state index in [4.69, 9.17) is 0 Å². The Morgan fingerprint density at radius 1 is 1.20 bits per heavy atom. The van der Waals surface area contributed by atoms with Crippen molar-refractivity contribution < 1.29 is 4.79 Å². The second kappa shape index (κ2) is 8.65.